The zero-order valence-electron chi connectivity index (χ0n) is 19.5. The van der Waals surface area contributed by atoms with E-state index < -0.39 is 6.04 Å². The van der Waals surface area contributed by atoms with Crippen molar-refractivity contribution in [2.24, 2.45) is 0 Å². The number of rotatable bonds is 7. The van der Waals surface area contributed by atoms with E-state index in [-0.39, 0.29) is 22.9 Å². The molecule has 1 atom stereocenters. The summed E-state index contributed by atoms with van der Waals surface area (Å²) in [5, 5.41) is 17.1. The van der Waals surface area contributed by atoms with Gasteiger partial charge in [0.05, 0.1) is 31.6 Å². The number of ether oxygens (including phenoxy) is 1. The Labute approximate surface area is 205 Å². The second-order valence-corrected chi connectivity index (χ2v) is 8.03. The highest BCUT2D eigenvalue weighted by atomic mass is 16.5. The molecule has 5 aromatic rings. The Morgan fingerprint density at radius 2 is 2.03 bits per heavy atom. The van der Waals surface area contributed by atoms with Crippen LogP contribution in [0.5, 0.6) is 5.75 Å². The lowest BCUT2D eigenvalue weighted by atomic mass is 10.2. The molecule has 4 heterocycles. The molecule has 1 unspecified atom stereocenters. The average molecular weight is 483 g/mol. The molecule has 0 radical (unpaired) electrons. The number of nitrogens with zero attached hydrogens (tertiary/aromatic N) is 8. The summed E-state index contributed by atoms with van der Waals surface area (Å²) in [5.41, 5.74) is 7.71. The molecule has 0 saturated carbocycles. The van der Waals surface area contributed by atoms with E-state index in [0.717, 1.165) is 11.3 Å². The Balaban J connectivity index is 1.54. The van der Waals surface area contributed by atoms with Crippen LogP contribution < -0.4 is 21.5 Å². The van der Waals surface area contributed by atoms with E-state index in [1.54, 1.807) is 42.5 Å². The molecule has 4 aromatic heterocycles. The smallest absolute Gasteiger partial charge is 0.340 e. The molecule has 0 aliphatic heterocycles. The molecular formula is C24H22N10O2. The Morgan fingerprint density at radius 1 is 1.22 bits per heavy atom. The molecule has 12 heteroatoms. The van der Waals surface area contributed by atoms with Crippen molar-refractivity contribution in [1.29, 1.82) is 5.26 Å². The Morgan fingerprint density at radius 3 is 2.78 bits per heavy atom. The van der Waals surface area contributed by atoms with Gasteiger partial charge in [-0.15, -0.1) is 0 Å². The van der Waals surface area contributed by atoms with E-state index in [1.165, 1.54) is 15.3 Å². The lowest BCUT2D eigenvalue weighted by Gasteiger charge is -2.19. The van der Waals surface area contributed by atoms with Crippen molar-refractivity contribution in [1.82, 2.24) is 33.7 Å². The fourth-order valence-corrected chi connectivity index (χ4v) is 3.89. The molecule has 0 aliphatic carbocycles. The summed E-state index contributed by atoms with van der Waals surface area (Å²) in [6, 6.07) is 12.7. The largest absolute Gasteiger partial charge is 0.497 e. The molecule has 36 heavy (non-hydrogen) atoms. The molecular weight excluding hydrogens is 460 g/mol. The van der Waals surface area contributed by atoms with Gasteiger partial charge in [-0.25, -0.2) is 24.3 Å². The van der Waals surface area contributed by atoms with Crippen LogP contribution in [0.2, 0.25) is 0 Å². The summed E-state index contributed by atoms with van der Waals surface area (Å²) in [5.74, 6) is 1.50. The normalized spacial score (nSPS) is 11.8. The standard InChI is InChI=1S/C24H22N10O2/c1-15(30-22-19(10-25)21(26)27-14-28-22)23-31-20-4-3-9-33(20)24(35)34(23)17-11-29-32(13-17)12-16-5-7-18(36-2)8-6-16/h3-9,11,13-15H,12H2,1-2H3,(H3,26,27,28,30). The molecule has 0 aliphatic rings. The highest BCUT2D eigenvalue weighted by Gasteiger charge is 2.21. The van der Waals surface area contributed by atoms with Gasteiger partial charge in [0.2, 0.25) is 0 Å². The van der Waals surface area contributed by atoms with E-state index in [1.807, 2.05) is 37.3 Å². The molecule has 0 amide bonds. The third-order valence-corrected chi connectivity index (χ3v) is 5.69. The molecule has 5 rings (SSSR count). The molecule has 0 bridgehead atoms. The van der Waals surface area contributed by atoms with Gasteiger partial charge in [-0.05, 0) is 36.8 Å². The number of nitriles is 1. The maximum absolute atomic E-state index is 13.5. The summed E-state index contributed by atoms with van der Waals surface area (Å²) in [7, 11) is 1.62. The third-order valence-electron chi connectivity index (χ3n) is 5.69. The van der Waals surface area contributed by atoms with Crippen molar-refractivity contribution in [2.75, 3.05) is 18.2 Å². The van der Waals surface area contributed by atoms with Crippen LogP contribution in [-0.4, -0.2) is 40.8 Å². The van der Waals surface area contributed by atoms with E-state index in [9.17, 15) is 10.1 Å². The third kappa shape index (κ3) is 4.09. The first-order valence-corrected chi connectivity index (χ1v) is 11.0. The van der Waals surface area contributed by atoms with Crippen LogP contribution in [0.4, 0.5) is 11.6 Å². The van der Waals surface area contributed by atoms with Crippen LogP contribution in [0, 0.1) is 11.3 Å². The van der Waals surface area contributed by atoms with Crippen LogP contribution in [0.15, 0.2) is 66.1 Å². The van der Waals surface area contributed by atoms with Gasteiger partial charge in [0.15, 0.2) is 0 Å². The molecule has 3 N–H and O–H groups in total. The minimum absolute atomic E-state index is 0.0643. The first-order valence-electron chi connectivity index (χ1n) is 11.0. The summed E-state index contributed by atoms with van der Waals surface area (Å²) in [4.78, 5) is 26.2. The van der Waals surface area contributed by atoms with Gasteiger partial charge >= 0.3 is 5.69 Å². The molecule has 0 fully saturated rings. The number of nitrogens with one attached hydrogen (secondary N) is 1. The molecule has 1 aromatic carbocycles. The number of anilines is 2. The van der Waals surface area contributed by atoms with E-state index in [2.05, 4.69) is 20.4 Å². The number of benzene rings is 1. The second-order valence-electron chi connectivity index (χ2n) is 8.03. The summed E-state index contributed by atoms with van der Waals surface area (Å²) in [6.07, 6.45) is 6.32. The second kappa shape index (κ2) is 9.22. The number of hydrogen-bond acceptors (Lipinski definition) is 9. The van der Waals surface area contributed by atoms with Crippen molar-refractivity contribution in [3.8, 4) is 17.5 Å². The Hall–Kier alpha value is -5.18. The van der Waals surface area contributed by atoms with Gasteiger partial charge in [-0.1, -0.05) is 12.1 Å². The van der Waals surface area contributed by atoms with Crippen molar-refractivity contribution < 1.29 is 4.74 Å². The van der Waals surface area contributed by atoms with Gasteiger partial charge in [0.1, 0.15) is 46.8 Å². The Kier molecular flexibility index (Phi) is 5.79. The zero-order valence-corrected chi connectivity index (χ0v) is 19.5. The first kappa shape index (κ1) is 22.6. The van der Waals surface area contributed by atoms with Crippen LogP contribution in [0.25, 0.3) is 11.3 Å². The Bertz CT molecular complexity index is 1640. The maximum atomic E-state index is 13.5. The number of nitrogen functional groups attached to an aromatic ring is 1. The van der Waals surface area contributed by atoms with Crippen LogP contribution in [0.3, 0.4) is 0 Å². The predicted molar refractivity (Wildman–Crippen MR) is 132 cm³/mol. The fourth-order valence-electron chi connectivity index (χ4n) is 3.89. The van der Waals surface area contributed by atoms with Crippen LogP contribution in [0.1, 0.15) is 29.9 Å². The SMILES string of the molecule is COc1ccc(Cn2cc(-n3c(C(C)Nc4ncnc(N)c4C#N)nc4cccn4c3=O)cn2)cc1. The van der Waals surface area contributed by atoms with Gasteiger partial charge in [-0.2, -0.15) is 10.4 Å². The van der Waals surface area contributed by atoms with E-state index in [0.29, 0.717) is 23.7 Å². The predicted octanol–water partition coefficient (Wildman–Crippen LogP) is 2.16. The van der Waals surface area contributed by atoms with Crippen molar-refractivity contribution in [3.05, 3.63) is 88.8 Å². The minimum atomic E-state index is -0.524. The molecule has 0 spiro atoms. The molecule has 180 valence electrons. The molecule has 0 saturated heterocycles. The summed E-state index contributed by atoms with van der Waals surface area (Å²) >= 11 is 0. The number of methoxy groups -OCH3 is 1. The lowest BCUT2D eigenvalue weighted by molar-refractivity contribution is 0.414. The highest BCUT2D eigenvalue weighted by molar-refractivity contribution is 5.62. The topological polar surface area (TPSA) is 154 Å². The van der Waals surface area contributed by atoms with Crippen LogP contribution in [-0.2, 0) is 6.54 Å². The highest BCUT2D eigenvalue weighted by Crippen LogP contribution is 2.23. The molecule has 12 nitrogen and oxygen atoms in total. The van der Waals surface area contributed by atoms with E-state index in [4.69, 9.17) is 15.5 Å². The first-order chi connectivity index (χ1) is 17.5. The van der Waals surface area contributed by atoms with Crippen molar-refractivity contribution >= 4 is 17.3 Å². The van der Waals surface area contributed by atoms with Crippen LogP contribution >= 0.6 is 0 Å². The van der Waals surface area contributed by atoms with Gasteiger partial charge in [-0.3, -0.25) is 9.08 Å². The van der Waals surface area contributed by atoms with Gasteiger partial charge in [0.25, 0.3) is 0 Å². The van der Waals surface area contributed by atoms with Crippen molar-refractivity contribution in [2.45, 2.75) is 19.5 Å². The zero-order chi connectivity index (χ0) is 25.2. The van der Waals surface area contributed by atoms with E-state index >= 15 is 0 Å². The monoisotopic (exact) mass is 482 g/mol. The van der Waals surface area contributed by atoms with Gasteiger partial charge in [0, 0.05) is 12.4 Å². The van der Waals surface area contributed by atoms with Gasteiger partial charge < -0.3 is 15.8 Å². The number of nitrogens with two attached hydrogens (primary N) is 1. The van der Waals surface area contributed by atoms with Crippen molar-refractivity contribution in [3.63, 3.8) is 0 Å². The quantitative estimate of drug-likeness (QED) is 0.355. The lowest BCUT2D eigenvalue weighted by Crippen LogP contribution is -2.31. The fraction of sp³-hybridized carbons (Fsp3) is 0.167. The average Bonchev–Trinajstić information content (AvgIpc) is 3.54. The summed E-state index contributed by atoms with van der Waals surface area (Å²) < 4.78 is 9.90. The summed E-state index contributed by atoms with van der Waals surface area (Å²) in [6.45, 7) is 2.33. The number of hydrogen-bond donors (Lipinski definition) is 2. The maximum Gasteiger partial charge on any atom is 0.340 e. The number of fused-ring (bicyclic) bond motifs is 1. The minimum Gasteiger partial charge on any atom is -0.497 e. The number of aromatic nitrogens is 7.